The molecule has 1 aliphatic heterocycles. The van der Waals surface area contributed by atoms with Gasteiger partial charge in [0.05, 0.1) is 11.8 Å². The zero-order valence-corrected chi connectivity index (χ0v) is 19.7. The van der Waals surface area contributed by atoms with E-state index in [0.29, 0.717) is 6.61 Å². The molecule has 0 saturated carbocycles. The van der Waals surface area contributed by atoms with Crippen molar-refractivity contribution in [1.29, 1.82) is 0 Å². The number of hydrogen-bond donors (Lipinski definition) is 1. The lowest BCUT2D eigenvalue weighted by Gasteiger charge is -2.35. The highest BCUT2D eigenvalue weighted by Gasteiger charge is 2.19. The molecule has 1 saturated heterocycles. The highest BCUT2D eigenvalue weighted by atomic mass is 35.5. The summed E-state index contributed by atoms with van der Waals surface area (Å²) in [6.07, 6.45) is -0.479. The Morgan fingerprint density at radius 2 is 1.68 bits per heavy atom. The lowest BCUT2D eigenvalue weighted by Crippen LogP contribution is -2.46. The predicted octanol–water partition coefficient (Wildman–Crippen LogP) is 4.65. The molecule has 168 valence electrons. The van der Waals surface area contributed by atoms with Crippen molar-refractivity contribution >= 4 is 41.4 Å². The minimum Gasteiger partial charge on any atom is -0.491 e. The molecule has 1 atom stereocenters. The van der Waals surface area contributed by atoms with Crippen molar-refractivity contribution in [3.8, 4) is 17.0 Å². The van der Waals surface area contributed by atoms with Crippen LogP contribution < -0.4 is 9.64 Å². The lowest BCUT2D eigenvalue weighted by atomic mass is 10.1. The number of likely N-dealkylation sites (N-methyl/N-ethyl adjacent to an activating group) is 1. The molecule has 0 bridgehead atoms. The highest BCUT2D eigenvalue weighted by molar-refractivity contribution is 5.95. The van der Waals surface area contributed by atoms with Crippen LogP contribution in [0.2, 0.25) is 0 Å². The highest BCUT2D eigenvalue weighted by Crippen LogP contribution is 2.31. The van der Waals surface area contributed by atoms with Crippen LogP contribution in [0.1, 0.15) is 13.8 Å². The fourth-order valence-electron chi connectivity index (χ4n) is 3.78. The van der Waals surface area contributed by atoms with Gasteiger partial charge in [-0.2, -0.15) is 0 Å². The molecule has 0 spiro atoms. The molecule has 7 heteroatoms. The van der Waals surface area contributed by atoms with Gasteiger partial charge >= 0.3 is 0 Å². The molecule has 4 rings (SSSR count). The first-order valence-electron chi connectivity index (χ1n) is 10.4. The van der Waals surface area contributed by atoms with Crippen molar-refractivity contribution in [2.75, 3.05) is 44.2 Å². The number of ether oxygens (including phenoxy) is 1. The summed E-state index contributed by atoms with van der Waals surface area (Å²) in [6.45, 7) is 9.49. The summed E-state index contributed by atoms with van der Waals surface area (Å²) in [4.78, 5) is 9.97. The molecule has 0 amide bonds. The second kappa shape index (κ2) is 11.5. The maximum absolute atomic E-state index is 9.39. The minimum absolute atomic E-state index is 0. The number of anilines is 1. The summed E-state index contributed by atoms with van der Waals surface area (Å²) in [6, 6.07) is 18.6. The molecule has 2 aromatic carbocycles. The van der Waals surface area contributed by atoms with Gasteiger partial charge in [0.1, 0.15) is 18.2 Å². The van der Waals surface area contributed by atoms with E-state index in [1.807, 2.05) is 24.3 Å². The largest absolute Gasteiger partial charge is 0.491 e. The monoisotopic (exact) mass is 463 g/mol. The van der Waals surface area contributed by atoms with Crippen molar-refractivity contribution in [1.82, 2.24) is 9.88 Å². The summed E-state index contributed by atoms with van der Waals surface area (Å²) in [5.74, 6) is 1.83. The van der Waals surface area contributed by atoms with Crippen LogP contribution >= 0.6 is 24.8 Å². The molecule has 31 heavy (non-hydrogen) atoms. The second-order valence-corrected chi connectivity index (χ2v) is 7.66. The first-order valence-corrected chi connectivity index (χ1v) is 10.4. The van der Waals surface area contributed by atoms with Crippen LogP contribution in [0.3, 0.4) is 0 Å². The third-order valence-corrected chi connectivity index (χ3v) is 5.48. The molecular weight excluding hydrogens is 433 g/mol. The first-order chi connectivity index (χ1) is 14.1. The number of rotatable bonds is 6. The Morgan fingerprint density at radius 3 is 2.32 bits per heavy atom. The van der Waals surface area contributed by atoms with Gasteiger partial charge in [-0.05, 0) is 49.2 Å². The topological polar surface area (TPSA) is 48.8 Å². The average Bonchev–Trinajstić information content (AvgIpc) is 2.77. The van der Waals surface area contributed by atoms with Gasteiger partial charge < -0.3 is 19.6 Å². The van der Waals surface area contributed by atoms with Crippen LogP contribution in [-0.2, 0) is 0 Å². The summed E-state index contributed by atoms with van der Waals surface area (Å²) >= 11 is 0. The average molecular weight is 464 g/mol. The summed E-state index contributed by atoms with van der Waals surface area (Å²) < 4.78 is 5.58. The van der Waals surface area contributed by atoms with Crippen molar-refractivity contribution in [3.05, 3.63) is 54.6 Å². The van der Waals surface area contributed by atoms with Gasteiger partial charge in [-0.3, -0.25) is 0 Å². The maximum atomic E-state index is 9.39. The van der Waals surface area contributed by atoms with E-state index < -0.39 is 6.10 Å². The maximum Gasteiger partial charge on any atom is 0.137 e. The van der Waals surface area contributed by atoms with E-state index in [1.54, 1.807) is 6.92 Å². The Morgan fingerprint density at radius 1 is 1.00 bits per heavy atom. The van der Waals surface area contributed by atoms with E-state index >= 15 is 0 Å². The standard InChI is InChI=1S/C24H29N3O2.2ClH/c1-3-26-12-14-27(15-13-26)24-22-7-5-4-6-20(22)16-23(25-24)19-8-10-21(11-9-19)29-17-18(2)28;;/h4-11,16,18,28H,3,12-15,17H2,1-2H3;2*1H. The predicted molar refractivity (Wildman–Crippen MR) is 133 cm³/mol. The summed E-state index contributed by atoms with van der Waals surface area (Å²) in [5, 5.41) is 11.8. The van der Waals surface area contributed by atoms with Crippen LogP contribution in [0.4, 0.5) is 5.82 Å². The van der Waals surface area contributed by atoms with Crippen LogP contribution in [0, 0.1) is 0 Å². The Bertz CT molecular complexity index is 959. The molecule has 3 aromatic rings. The number of benzene rings is 2. The number of pyridine rings is 1. The van der Waals surface area contributed by atoms with E-state index in [4.69, 9.17) is 9.72 Å². The van der Waals surface area contributed by atoms with E-state index in [9.17, 15) is 5.11 Å². The van der Waals surface area contributed by atoms with Gasteiger partial charge in [0.25, 0.3) is 0 Å². The number of nitrogens with zero attached hydrogens (tertiary/aromatic N) is 3. The normalized spacial score (nSPS) is 15.1. The second-order valence-electron chi connectivity index (χ2n) is 7.66. The SMILES string of the molecule is CCN1CCN(c2nc(-c3ccc(OCC(C)O)cc3)cc3ccccc23)CC1.Cl.Cl. The summed E-state index contributed by atoms with van der Waals surface area (Å²) in [7, 11) is 0. The molecule has 1 aromatic heterocycles. The van der Waals surface area contributed by atoms with Crippen molar-refractivity contribution in [2.24, 2.45) is 0 Å². The Kier molecular flexibility index (Phi) is 9.38. The molecule has 1 unspecified atom stereocenters. The van der Waals surface area contributed by atoms with Crippen molar-refractivity contribution in [2.45, 2.75) is 20.0 Å². The van der Waals surface area contributed by atoms with Crippen LogP contribution in [0.5, 0.6) is 5.75 Å². The number of piperazine rings is 1. The fourth-order valence-corrected chi connectivity index (χ4v) is 3.78. The molecule has 0 aliphatic carbocycles. The molecule has 2 heterocycles. The van der Waals surface area contributed by atoms with E-state index in [1.165, 1.54) is 10.8 Å². The number of aromatic nitrogens is 1. The Hall–Kier alpha value is -2.05. The number of fused-ring (bicyclic) bond motifs is 1. The Balaban J connectivity index is 0.00000171. The van der Waals surface area contributed by atoms with Crippen LogP contribution in [-0.4, -0.2) is 60.4 Å². The van der Waals surface area contributed by atoms with E-state index in [-0.39, 0.29) is 24.8 Å². The zero-order chi connectivity index (χ0) is 20.2. The van der Waals surface area contributed by atoms with Gasteiger partial charge in [-0.15, -0.1) is 24.8 Å². The van der Waals surface area contributed by atoms with E-state index in [2.05, 4.69) is 47.1 Å². The fraction of sp³-hybridized carbons (Fsp3) is 0.375. The Labute approximate surface area is 196 Å². The molecule has 1 fully saturated rings. The number of aliphatic hydroxyl groups is 1. The zero-order valence-electron chi connectivity index (χ0n) is 18.0. The summed E-state index contributed by atoms with van der Waals surface area (Å²) in [5.41, 5.74) is 2.03. The number of aliphatic hydroxyl groups excluding tert-OH is 1. The van der Waals surface area contributed by atoms with Gasteiger partial charge in [-0.1, -0.05) is 31.2 Å². The first kappa shape index (κ1) is 25.2. The van der Waals surface area contributed by atoms with Crippen LogP contribution in [0.15, 0.2) is 54.6 Å². The van der Waals surface area contributed by atoms with Gasteiger partial charge in [0, 0.05) is 37.1 Å². The van der Waals surface area contributed by atoms with Gasteiger partial charge in [-0.25, -0.2) is 4.98 Å². The third-order valence-electron chi connectivity index (χ3n) is 5.48. The molecule has 1 aliphatic rings. The minimum atomic E-state index is -0.479. The van der Waals surface area contributed by atoms with Crippen molar-refractivity contribution in [3.63, 3.8) is 0 Å². The molecule has 5 nitrogen and oxygen atoms in total. The number of halogens is 2. The lowest BCUT2D eigenvalue weighted by molar-refractivity contribution is 0.123. The number of hydrogen-bond acceptors (Lipinski definition) is 5. The molecular formula is C24H31Cl2N3O2. The molecule has 1 N–H and O–H groups in total. The van der Waals surface area contributed by atoms with Crippen molar-refractivity contribution < 1.29 is 9.84 Å². The van der Waals surface area contributed by atoms with Gasteiger partial charge in [0.15, 0.2) is 0 Å². The van der Waals surface area contributed by atoms with Crippen LogP contribution in [0.25, 0.3) is 22.0 Å². The smallest absolute Gasteiger partial charge is 0.137 e. The molecule has 0 radical (unpaired) electrons. The quantitative estimate of drug-likeness (QED) is 0.576. The van der Waals surface area contributed by atoms with E-state index in [0.717, 1.165) is 55.5 Å². The third kappa shape index (κ3) is 6.01. The van der Waals surface area contributed by atoms with Gasteiger partial charge in [0.2, 0.25) is 0 Å².